The van der Waals surface area contributed by atoms with E-state index < -0.39 is 18.5 Å². The second-order valence-corrected chi connectivity index (χ2v) is 12.4. The van der Waals surface area contributed by atoms with Crippen molar-refractivity contribution >= 4 is 6.09 Å². The van der Waals surface area contributed by atoms with E-state index in [1.165, 1.54) is 6.08 Å². The Bertz CT molecular complexity index is 1610. The molecule has 8 nitrogen and oxygen atoms in total. The number of amides is 1. The van der Waals surface area contributed by atoms with E-state index >= 15 is 0 Å². The second-order valence-electron chi connectivity index (χ2n) is 12.4. The number of benzene rings is 4. The minimum Gasteiger partial charge on any atom is -0.445 e. The number of rotatable bonds is 13. The Morgan fingerprint density at radius 2 is 1.62 bits per heavy atom. The Balaban J connectivity index is 1.36. The Hall–Kier alpha value is -4.31. The first kappa shape index (κ1) is 35.0. The number of aliphatic hydroxyl groups is 2. The minimum atomic E-state index is -0.646. The summed E-state index contributed by atoms with van der Waals surface area (Å²) in [5.41, 5.74) is 6.58. The van der Waals surface area contributed by atoms with E-state index in [0.717, 1.165) is 38.9 Å². The van der Waals surface area contributed by atoms with Gasteiger partial charge < -0.3 is 29.7 Å². The smallest absolute Gasteiger partial charge is 0.407 e. The van der Waals surface area contributed by atoms with Gasteiger partial charge in [0.05, 0.1) is 24.9 Å². The van der Waals surface area contributed by atoms with Gasteiger partial charge in [-0.05, 0) is 47.4 Å². The molecule has 1 amide bonds. The standard InChI is InChI=1S/C40H46N2O6/c1-5-23-46-40(45)41-24-34-13-9-10-14-35(34)30-19-21-33(22-20-30)39-47-36(25-42(4)28(3)37(44)31-11-7-6-8-12-31)27(2)38(48-39)32-17-15-29(26-43)16-18-32/h5-22,27-28,36-39,43-44H,1,23-26H2,2-4H3,(H,41,45)/t27-,28-,36+,37-,38+,39+/m0/s1. The van der Waals surface area contributed by atoms with Crippen LogP contribution in [0.4, 0.5) is 4.79 Å². The molecule has 0 bridgehead atoms. The van der Waals surface area contributed by atoms with Crippen molar-refractivity contribution in [2.24, 2.45) is 5.92 Å². The molecule has 1 heterocycles. The second kappa shape index (κ2) is 16.7. The molecule has 1 aliphatic rings. The molecular weight excluding hydrogens is 604 g/mol. The number of nitrogens with zero attached hydrogens (tertiary/aromatic N) is 1. The molecule has 5 rings (SSSR count). The van der Waals surface area contributed by atoms with Crippen LogP contribution in [0.3, 0.4) is 0 Å². The fourth-order valence-corrected chi connectivity index (χ4v) is 6.08. The average Bonchev–Trinajstić information content (AvgIpc) is 3.13. The summed E-state index contributed by atoms with van der Waals surface area (Å²) in [5, 5.41) is 23.5. The maximum Gasteiger partial charge on any atom is 0.407 e. The van der Waals surface area contributed by atoms with Crippen molar-refractivity contribution in [3.63, 3.8) is 0 Å². The number of hydrogen-bond acceptors (Lipinski definition) is 7. The van der Waals surface area contributed by atoms with Crippen LogP contribution in [0.5, 0.6) is 0 Å². The fraction of sp³-hybridized carbons (Fsp3) is 0.325. The van der Waals surface area contributed by atoms with Crippen LogP contribution in [0.25, 0.3) is 11.1 Å². The molecule has 0 radical (unpaired) electrons. The highest BCUT2D eigenvalue weighted by Gasteiger charge is 2.39. The van der Waals surface area contributed by atoms with E-state index in [2.05, 4.69) is 23.7 Å². The van der Waals surface area contributed by atoms with Crippen LogP contribution >= 0.6 is 0 Å². The van der Waals surface area contributed by atoms with Crippen molar-refractivity contribution in [2.75, 3.05) is 20.2 Å². The predicted molar refractivity (Wildman–Crippen MR) is 187 cm³/mol. The third-order valence-electron chi connectivity index (χ3n) is 9.15. The van der Waals surface area contributed by atoms with E-state index in [0.29, 0.717) is 13.1 Å². The summed E-state index contributed by atoms with van der Waals surface area (Å²) < 4.78 is 18.4. The van der Waals surface area contributed by atoms with Gasteiger partial charge in [-0.2, -0.15) is 0 Å². The lowest BCUT2D eigenvalue weighted by atomic mass is 9.89. The van der Waals surface area contributed by atoms with Crippen molar-refractivity contribution in [2.45, 2.75) is 57.6 Å². The van der Waals surface area contributed by atoms with Gasteiger partial charge in [-0.25, -0.2) is 4.79 Å². The van der Waals surface area contributed by atoms with Crippen molar-refractivity contribution in [3.8, 4) is 11.1 Å². The van der Waals surface area contributed by atoms with Gasteiger partial charge >= 0.3 is 6.09 Å². The topological polar surface area (TPSA) is 100 Å². The van der Waals surface area contributed by atoms with Crippen LogP contribution in [-0.2, 0) is 27.4 Å². The summed E-state index contributed by atoms with van der Waals surface area (Å²) in [6.45, 7) is 8.78. The maximum absolute atomic E-state index is 12.0. The molecule has 0 saturated carbocycles. The van der Waals surface area contributed by atoms with Crippen LogP contribution in [-0.4, -0.2) is 53.6 Å². The molecule has 1 fully saturated rings. The molecular formula is C40H46N2O6. The van der Waals surface area contributed by atoms with Gasteiger partial charge in [0.2, 0.25) is 0 Å². The summed E-state index contributed by atoms with van der Waals surface area (Å²) in [4.78, 5) is 14.2. The number of ether oxygens (including phenoxy) is 3. The first-order chi connectivity index (χ1) is 23.3. The third kappa shape index (κ3) is 8.58. The maximum atomic E-state index is 12.0. The van der Waals surface area contributed by atoms with Gasteiger partial charge in [-0.3, -0.25) is 4.90 Å². The molecule has 4 aromatic rings. The molecule has 6 atom stereocenters. The normalized spacial score (nSPS) is 20.5. The lowest BCUT2D eigenvalue weighted by Gasteiger charge is -2.43. The Morgan fingerprint density at radius 1 is 0.958 bits per heavy atom. The van der Waals surface area contributed by atoms with E-state index in [1.54, 1.807) is 0 Å². The molecule has 48 heavy (non-hydrogen) atoms. The molecule has 0 unspecified atom stereocenters. The van der Waals surface area contributed by atoms with Crippen LogP contribution in [0.15, 0.2) is 116 Å². The number of carbonyl (C=O) groups is 1. The summed E-state index contributed by atoms with van der Waals surface area (Å²) in [5.74, 6) is 0.00145. The van der Waals surface area contributed by atoms with E-state index in [4.69, 9.17) is 14.2 Å². The zero-order valence-corrected chi connectivity index (χ0v) is 27.9. The van der Waals surface area contributed by atoms with Gasteiger partial charge in [0.15, 0.2) is 6.29 Å². The molecule has 8 heteroatoms. The Labute approximate surface area is 283 Å². The summed E-state index contributed by atoms with van der Waals surface area (Å²) in [7, 11) is 2.02. The van der Waals surface area contributed by atoms with E-state index in [9.17, 15) is 15.0 Å². The highest BCUT2D eigenvalue weighted by atomic mass is 16.7. The van der Waals surface area contributed by atoms with Gasteiger partial charge in [0.1, 0.15) is 6.61 Å². The summed E-state index contributed by atoms with van der Waals surface area (Å²) in [6.07, 6.45) is -0.687. The zero-order chi connectivity index (χ0) is 34.0. The minimum absolute atomic E-state index is 0.00145. The monoisotopic (exact) mass is 650 g/mol. The molecule has 4 aromatic carbocycles. The Morgan fingerprint density at radius 3 is 2.31 bits per heavy atom. The van der Waals surface area contributed by atoms with Crippen molar-refractivity contribution in [1.29, 1.82) is 0 Å². The van der Waals surface area contributed by atoms with Crippen LogP contribution in [0.2, 0.25) is 0 Å². The first-order valence-corrected chi connectivity index (χ1v) is 16.4. The lowest BCUT2D eigenvalue weighted by Crippen LogP contribution is -2.46. The third-order valence-corrected chi connectivity index (χ3v) is 9.15. The zero-order valence-electron chi connectivity index (χ0n) is 27.9. The summed E-state index contributed by atoms with van der Waals surface area (Å²) >= 11 is 0. The quantitative estimate of drug-likeness (QED) is 0.133. The highest BCUT2D eigenvalue weighted by molar-refractivity contribution is 5.70. The highest BCUT2D eigenvalue weighted by Crippen LogP contribution is 2.42. The Kier molecular flexibility index (Phi) is 12.2. The number of aliphatic hydroxyl groups excluding tert-OH is 2. The van der Waals surface area contributed by atoms with Gasteiger partial charge in [0, 0.05) is 30.6 Å². The van der Waals surface area contributed by atoms with Crippen LogP contribution in [0.1, 0.15) is 60.2 Å². The molecule has 0 aromatic heterocycles. The fourth-order valence-electron chi connectivity index (χ4n) is 6.08. The number of hydrogen-bond donors (Lipinski definition) is 3. The molecule has 3 N–H and O–H groups in total. The molecule has 1 saturated heterocycles. The SMILES string of the molecule is C=CCOC(=O)NCc1ccccc1-c1ccc([C@@H]2O[C@H](CN(C)[C@@H](C)[C@H](O)c3ccccc3)[C@H](C)[C@H](c3ccc(CO)cc3)O2)cc1. The van der Waals surface area contributed by atoms with Gasteiger partial charge in [0.25, 0.3) is 0 Å². The van der Waals surface area contributed by atoms with Crippen molar-refractivity contribution in [3.05, 3.63) is 144 Å². The molecule has 0 spiro atoms. The van der Waals surface area contributed by atoms with Gasteiger partial charge in [-0.15, -0.1) is 0 Å². The van der Waals surface area contributed by atoms with Crippen molar-refractivity contribution in [1.82, 2.24) is 10.2 Å². The lowest BCUT2D eigenvalue weighted by molar-refractivity contribution is -0.276. The molecule has 0 aliphatic carbocycles. The van der Waals surface area contributed by atoms with Gasteiger partial charge in [-0.1, -0.05) is 123 Å². The summed E-state index contributed by atoms with van der Waals surface area (Å²) in [6, 6.07) is 33.5. The number of alkyl carbamates (subject to hydrolysis) is 1. The predicted octanol–water partition coefficient (Wildman–Crippen LogP) is 7.10. The number of carbonyl (C=O) groups excluding carboxylic acids is 1. The van der Waals surface area contributed by atoms with E-state index in [1.807, 2.05) is 117 Å². The number of nitrogens with one attached hydrogen (secondary N) is 1. The molecule has 1 aliphatic heterocycles. The number of likely N-dealkylation sites (N-methyl/N-ethyl adjacent to an activating group) is 1. The first-order valence-electron chi connectivity index (χ1n) is 16.4. The van der Waals surface area contributed by atoms with Crippen molar-refractivity contribution < 1.29 is 29.2 Å². The largest absolute Gasteiger partial charge is 0.445 e. The van der Waals surface area contributed by atoms with Crippen LogP contribution in [0, 0.1) is 5.92 Å². The van der Waals surface area contributed by atoms with Crippen LogP contribution < -0.4 is 5.32 Å². The van der Waals surface area contributed by atoms with E-state index in [-0.39, 0.29) is 37.4 Å². The average molecular weight is 651 g/mol. The molecule has 252 valence electrons.